The molecule has 1 fully saturated rings. The Morgan fingerprint density at radius 3 is 2.59 bits per heavy atom. The molecular formula is C12H25NO3S. The summed E-state index contributed by atoms with van der Waals surface area (Å²) in [5, 5.41) is -0.207. The van der Waals surface area contributed by atoms with Crippen LogP contribution in [0.25, 0.3) is 0 Å². The molecule has 1 aliphatic carbocycles. The largest absolute Gasteiger partial charge is 0.377 e. The van der Waals surface area contributed by atoms with Gasteiger partial charge in [-0.25, -0.2) is 8.42 Å². The third kappa shape index (κ3) is 4.23. The summed E-state index contributed by atoms with van der Waals surface area (Å²) in [6.45, 7) is 4.57. The summed E-state index contributed by atoms with van der Waals surface area (Å²) in [6, 6.07) is -0.0560. The van der Waals surface area contributed by atoms with Crippen molar-refractivity contribution < 1.29 is 13.2 Å². The molecule has 17 heavy (non-hydrogen) atoms. The van der Waals surface area contributed by atoms with Crippen LogP contribution in [0.15, 0.2) is 0 Å². The van der Waals surface area contributed by atoms with E-state index in [-0.39, 0.29) is 23.3 Å². The van der Waals surface area contributed by atoms with E-state index in [2.05, 4.69) is 0 Å². The van der Waals surface area contributed by atoms with Crippen molar-refractivity contribution in [1.82, 2.24) is 0 Å². The Kier molecular flexibility index (Phi) is 5.41. The minimum absolute atomic E-state index is 0.00307. The fraction of sp³-hybridized carbons (Fsp3) is 1.00. The molecule has 0 saturated heterocycles. The highest BCUT2D eigenvalue weighted by Gasteiger charge is 2.33. The van der Waals surface area contributed by atoms with Crippen molar-refractivity contribution in [2.24, 2.45) is 11.7 Å². The minimum atomic E-state index is -2.93. The molecule has 1 aliphatic rings. The molecular weight excluding hydrogens is 238 g/mol. The van der Waals surface area contributed by atoms with Crippen LogP contribution in [-0.2, 0) is 14.6 Å². The zero-order chi connectivity index (χ0) is 13.1. The van der Waals surface area contributed by atoms with Gasteiger partial charge in [-0.15, -0.1) is 0 Å². The second-order valence-corrected chi connectivity index (χ2v) is 7.44. The zero-order valence-electron chi connectivity index (χ0n) is 11.1. The van der Waals surface area contributed by atoms with Gasteiger partial charge in [-0.1, -0.05) is 6.42 Å². The van der Waals surface area contributed by atoms with Gasteiger partial charge in [0.1, 0.15) is 9.84 Å². The van der Waals surface area contributed by atoms with Gasteiger partial charge in [0, 0.05) is 18.9 Å². The van der Waals surface area contributed by atoms with Gasteiger partial charge < -0.3 is 10.5 Å². The average molecular weight is 263 g/mol. The molecule has 1 saturated carbocycles. The smallest absolute Gasteiger partial charge is 0.150 e. The van der Waals surface area contributed by atoms with Crippen LogP contribution in [0.1, 0.15) is 39.5 Å². The Morgan fingerprint density at radius 1 is 1.41 bits per heavy atom. The lowest BCUT2D eigenvalue weighted by Gasteiger charge is -2.34. The van der Waals surface area contributed by atoms with Crippen molar-refractivity contribution in [1.29, 1.82) is 0 Å². The number of sulfone groups is 1. The SMILES string of the molecule is CCOC(C)C(N)C1CCCC(S(C)(=O)=O)C1. The van der Waals surface area contributed by atoms with Crippen molar-refractivity contribution in [3.05, 3.63) is 0 Å². The summed E-state index contributed by atoms with van der Waals surface area (Å²) in [4.78, 5) is 0. The Balaban J connectivity index is 2.60. The topological polar surface area (TPSA) is 69.4 Å². The molecule has 5 heteroatoms. The predicted octanol–water partition coefficient (Wildman–Crippen LogP) is 1.34. The predicted molar refractivity (Wildman–Crippen MR) is 69.7 cm³/mol. The van der Waals surface area contributed by atoms with Gasteiger partial charge in [-0.2, -0.15) is 0 Å². The van der Waals surface area contributed by atoms with Gasteiger partial charge in [0.2, 0.25) is 0 Å². The van der Waals surface area contributed by atoms with Crippen LogP contribution >= 0.6 is 0 Å². The summed E-state index contributed by atoms with van der Waals surface area (Å²) >= 11 is 0. The van der Waals surface area contributed by atoms with E-state index < -0.39 is 9.84 Å². The highest BCUT2D eigenvalue weighted by molar-refractivity contribution is 7.91. The first-order valence-corrected chi connectivity index (χ1v) is 8.37. The minimum Gasteiger partial charge on any atom is -0.377 e. The number of ether oxygens (including phenoxy) is 1. The number of hydrogen-bond donors (Lipinski definition) is 1. The maximum atomic E-state index is 11.6. The molecule has 0 aliphatic heterocycles. The van der Waals surface area contributed by atoms with E-state index in [1.54, 1.807) is 0 Å². The number of nitrogens with two attached hydrogens (primary N) is 1. The third-order valence-electron chi connectivity index (χ3n) is 3.79. The first-order valence-electron chi connectivity index (χ1n) is 6.42. The molecule has 102 valence electrons. The van der Waals surface area contributed by atoms with Crippen LogP contribution in [0.4, 0.5) is 0 Å². The second kappa shape index (κ2) is 6.16. The second-order valence-electron chi connectivity index (χ2n) is 5.12. The Morgan fingerprint density at radius 2 is 2.06 bits per heavy atom. The summed E-state index contributed by atoms with van der Waals surface area (Å²) in [7, 11) is -2.93. The zero-order valence-corrected chi connectivity index (χ0v) is 11.9. The molecule has 0 heterocycles. The molecule has 4 unspecified atom stereocenters. The monoisotopic (exact) mass is 263 g/mol. The standard InChI is InChI=1S/C12H25NO3S/c1-4-16-9(2)12(13)10-6-5-7-11(8-10)17(3,14)15/h9-12H,4-8,13H2,1-3H3. The fourth-order valence-corrected chi connectivity index (χ4v) is 3.87. The van der Waals surface area contributed by atoms with Crippen molar-refractivity contribution in [3.63, 3.8) is 0 Å². The van der Waals surface area contributed by atoms with Crippen LogP contribution in [0.3, 0.4) is 0 Å². The lowest BCUT2D eigenvalue weighted by Crippen LogP contribution is -2.44. The molecule has 4 atom stereocenters. The molecule has 0 aromatic carbocycles. The van der Waals surface area contributed by atoms with E-state index in [0.717, 1.165) is 19.3 Å². The van der Waals surface area contributed by atoms with Crippen molar-refractivity contribution >= 4 is 9.84 Å². The van der Waals surface area contributed by atoms with Gasteiger partial charge >= 0.3 is 0 Å². The summed E-state index contributed by atoms with van der Waals surface area (Å²) in [5.41, 5.74) is 6.16. The van der Waals surface area contributed by atoms with E-state index in [9.17, 15) is 8.42 Å². The highest BCUT2D eigenvalue weighted by Crippen LogP contribution is 2.31. The van der Waals surface area contributed by atoms with Gasteiger partial charge in [-0.3, -0.25) is 0 Å². The molecule has 4 nitrogen and oxygen atoms in total. The first kappa shape index (κ1) is 14.9. The number of hydrogen-bond acceptors (Lipinski definition) is 4. The van der Waals surface area contributed by atoms with Crippen LogP contribution < -0.4 is 5.73 Å². The molecule has 1 rings (SSSR count). The van der Waals surface area contributed by atoms with Gasteiger partial charge in [0.05, 0.1) is 11.4 Å². The van der Waals surface area contributed by atoms with E-state index in [1.165, 1.54) is 6.26 Å². The van der Waals surface area contributed by atoms with Crippen molar-refractivity contribution in [3.8, 4) is 0 Å². The quantitative estimate of drug-likeness (QED) is 0.812. The Labute approximate surface area is 105 Å². The first-order chi connectivity index (χ1) is 7.86. The van der Waals surface area contributed by atoms with Gasteiger partial charge in [0.25, 0.3) is 0 Å². The molecule has 0 radical (unpaired) electrons. The third-order valence-corrected chi connectivity index (χ3v) is 5.43. The van der Waals surface area contributed by atoms with E-state index in [1.807, 2.05) is 13.8 Å². The maximum absolute atomic E-state index is 11.6. The van der Waals surface area contributed by atoms with Crippen LogP contribution in [0.5, 0.6) is 0 Å². The molecule has 0 aromatic rings. The Bertz CT molecular complexity index is 329. The van der Waals surface area contributed by atoms with Crippen molar-refractivity contribution in [2.75, 3.05) is 12.9 Å². The molecule has 2 N–H and O–H groups in total. The van der Waals surface area contributed by atoms with E-state index in [0.29, 0.717) is 13.0 Å². The molecule has 0 bridgehead atoms. The van der Waals surface area contributed by atoms with Crippen LogP contribution in [0.2, 0.25) is 0 Å². The van der Waals surface area contributed by atoms with E-state index in [4.69, 9.17) is 10.5 Å². The maximum Gasteiger partial charge on any atom is 0.150 e. The highest BCUT2D eigenvalue weighted by atomic mass is 32.2. The fourth-order valence-electron chi connectivity index (χ4n) is 2.68. The average Bonchev–Trinajstić information content (AvgIpc) is 2.27. The number of rotatable bonds is 5. The Hall–Kier alpha value is -0.130. The van der Waals surface area contributed by atoms with Crippen LogP contribution in [-0.4, -0.2) is 38.7 Å². The van der Waals surface area contributed by atoms with Crippen LogP contribution in [0, 0.1) is 5.92 Å². The lowest BCUT2D eigenvalue weighted by molar-refractivity contribution is 0.0365. The normalized spacial score (nSPS) is 29.9. The summed E-state index contributed by atoms with van der Waals surface area (Å²) in [6.07, 6.45) is 4.78. The van der Waals surface area contributed by atoms with Gasteiger partial charge in [0.15, 0.2) is 0 Å². The molecule has 0 spiro atoms. The van der Waals surface area contributed by atoms with Crippen molar-refractivity contribution in [2.45, 2.75) is 56.9 Å². The summed E-state index contributed by atoms with van der Waals surface area (Å²) < 4.78 is 28.7. The van der Waals surface area contributed by atoms with Gasteiger partial charge in [-0.05, 0) is 39.0 Å². The van der Waals surface area contributed by atoms with E-state index >= 15 is 0 Å². The summed E-state index contributed by atoms with van der Waals surface area (Å²) in [5.74, 6) is 0.269. The lowest BCUT2D eigenvalue weighted by atomic mass is 9.82. The molecule has 0 amide bonds. The molecule has 0 aromatic heterocycles.